The summed E-state index contributed by atoms with van der Waals surface area (Å²) in [6.07, 6.45) is 4.64. The van der Waals surface area contributed by atoms with Crippen molar-refractivity contribution in [2.24, 2.45) is 5.92 Å². The minimum Gasteiger partial charge on any atom is -0.393 e. The number of nitrogens with one attached hydrogen (secondary N) is 1. The third-order valence-corrected chi connectivity index (χ3v) is 6.04. The Morgan fingerprint density at radius 3 is 2.60 bits per heavy atom. The van der Waals surface area contributed by atoms with Gasteiger partial charge in [-0.2, -0.15) is 0 Å². The first-order chi connectivity index (χ1) is 14.5. The molecule has 2 heterocycles. The van der Waals surface area contributed by atoms with E-state index in [1.807, 2.05) is 4.90 Å². The van der Waals surface area contributed by atoms with Crippen LogP contribution in [0.5, 0.6) is 0 Å². The summed E-state index contributed by atoms with van der Waals surface area (Å²) >= 11 is 0. The van der Waals surface area contributed by atoms with Crippen LogP contribution in [0.15, 0.2) is 42.6 Å². The molecule has 0 spiro atoms. The van der Waals surface area contributed by atoms with E-state index in [2.05, 4.69) is 10.3 Å². The number of aliphatic hydroxyl groups is 1. The molecule has 4 rings (SSSR count). The van der Waals surface area contributed by atoms with Crippen LogP contribution in [0.4, 0.5) is 4.39 Å². The molecule has 2 aliphatic rings. The van der Waals surface area contributed by atoms with Crippen LogP contribution in [-0.4, -0.2) is 52.0 Å². The van der Waals surface area contributed by atoms with Crippen LogP contribution in [0.3, 0.4) is 0 Å². The highest BCUT2D eigenvalue weighted by molar-refractivity contribution is 5.94. The summed E-state index contributed by atoms with van der Waals surface area (Å²) in [5, 5.41) is 12.6. The summed E-state index contributed by atoms with van der Waals surface area (Å²) in [6, 6.07) is 9.51. The molecule has 30 heavy (non-hydrogen) atoms. The number of aliphatic hydroxyl groups excluding tert-OH is 1. The predicted molar refractivity (Wildman–Crippen MR) is 110 cm³/mol. The van der Waals surface area contributed by atoms with Crippen molar-refractivity contribution in [1.82, 2.24) is 15.2 Å². The van der Waals surface area contributed by atoms with Crippen molar-refractivity contribution in [3.63, 3.8) is 0 Å². The fourth-order valence-electron chi connectivity index (χ4n) is 4.30. The number of carbonyl (C=O) groups excluding carboxylic acids is 2. The van der Waals surface area contributed by atoms with Gasteiger partial charge in [-0.15, -0.1) is 0 Å². The summed E-state index contributed by atoms with van der Waals surface area (Å²) in [6.45, 7) is 1.22. The zero-order valence-corrected chi connectivity index (χ0v) is 16.8. The van der Waals surface area contributed by atoms with Gasteiger partial charge < -0.3 is 15.3 Å². The van der Waals surface area contributed by atoms with Crippen molar-refractivity contribution in [3.8, 4) is 11.3 Å². The molecule has 1 aromatic heterocycles. The highest BCUT2D eigenvalue weighted by atomic mass is 19.1. The molecule has 2 amide bonds. The third kappa shape index (κ3) is 4.67. The fraction of sp³-hybridized carbons (Fsp3) is 0.435. The first-order valence-electron chi connectivity index (χ1n) is 10.5. The van der Waals surface area contributed by atoms with E-state index >= 15 is 0 Å². The third-order valence-electron chi connectivity index (χ3n) is 6.04. The number of hydrogen-bond acceptors (Lipinski definition) is 4. The summed E-state index contributed by atoms with van der Waals surface area (Å²) in [5.74, 6) is -0.478. The van der Waals surface area contributed by atoms with E-state index < -0.39 is 0 Å². The summed E-state index contributed by atoms with van der Waals surface area (Å²) in [7, 11) is 0. The maximum atomic E-state index is 13.4. The quantitative estimate of drug-likeness (QED) is 0.811. The molecule has 1 saturated heterocycles. The molecule has 6 nitrogen and oxygen atoms in total. The van der Waals surface area contributed by atoms with Crippen molar-refractivity contribution >= 4 is 11.8 Å². The molecule has 2 aromatic rings. The monoisotopic (exact) mass is 411 g/mol. The van der Waals surface area contributed by atoms with Crippen molar-refractivity contribution in [2.45, 2.75) is 44.2 Å². The zero-order valence-electron chi connectivity index (χ0n) is 16.8. The smallest absolute Gasteiger partial charge is 0.253 e. The van der Waals surface area contributed by atoms with Crippen LogP contribution in [0, 0.1) is 11.7 Å². The van der Waals surface area contributed by atoms with E-state index in [0.29, 0.717) is 49.2 Å². The first-order valence-corrected chi connectivity index (χ1v) is 10.5. The highest BCUT2D eigenvalue weighted by Crippen LogP contribution is 2.29. The van der Waals surface area contributed by atoms with Gasteiger partial charge in [0.15, 0.2) is 0 Å². The second-order valence-corrected chi connectivity index (χ2v) is 8.18. The Kier molecular flexibility index (Phi) is 6.08. The number of hydrogen-bond donors (Lipinski definition) is 2. The standard InChI is InChI=1S/C23H26FN3O3/c24-18-3-1-2-15(12-18)21-7-5-17(14-25-21)22(29)26-19-6-4-16(13-19)23(30)27-10-8-20(28)9-11-27/h1-3,5,7,12,14,16,19-20,28H,4,6,8-11,13H2,(H,26,29)/t16-,19+/m0/s1. The largest absolute Gasteiger partial charge is 0.393 e. The molecule has 7 heteroatoms. The molecule has 1 aromatic carbocycles. The van der Waals surface area contributed by atoms with Gasteiger partial charge in [-0.3, -0.25) is 14.6 Å². The lowest BCUT2D eigenvalue weighted by atomic mass is 10.0. The van der Waals surface area contributed by atoms with Crippen LogP contribution in [0.2, 0.25) is 0 Å². The Hall–Kier alpha value is -2.80. The van der Waals surface area contributed by atoms with Crippen molar-refractivity contribution < 1.29 is 19.1 Å². The Bertz CT molecular complexity index is 910. The van der Waals surface area contributed by atoms with Gasteiger partial charge in [-0.05, 0) is 56.4 Å². The number of halogens is 1. The molecule has 2 atom stereocenters. The second-order valence-electron chi connectivity index (χ2n) is 8.18. The topological polar surface area (TPSA) is 82.5 Å². The zero-order chi connectivity index (χ0) is 21.1. The molecule has 158 valence electrons. The number of benzene rings is 1. The van der Waals surface area contributed by atoms with Gasteiger partial charge in [-0.1, -0.05) is 12.1 Å². The van der Waals surface area contributed by atoms with Gasteiger partial charge in [0.1, 0.15) is 5.82 Å². The van der Waals surface area contributed by atoms with E-state index in [0.717, 1.165) is 12.8 Å². The van der Waals surface area contributed by atoms with Crippen LogP contribution in [-0.2, 0) is 4.79 Å². The number of amides is 2. The lowest BCUT2D eigenvalue weighted by molar-refractivity contribution is -0.137. The molecule has 0 radical (unpaired) electrons. The average Bonchev–Trinajstić information content (AvgIpc) is 3.22. The molecule has 1 aliphatic heterocycles. The molecule has 0 bridgehead atoms. The van der Waals surface area contributed by atoms with Crippen LogP contribution >= 0.6 is 0 Å². The van der Waals surface area contributed by atoms with Gasteiger partial charge in [0, 0.05) is 36.8 Å². The molecular weight excluding hydrogens is 385 g/mol. The average molecular weight is 411 g/mol. The Morgan fingerprint density at radius 1 is 1.10 bits per heavy atom. The number of pyridine rings is 1. The van der Waals surface area contributed by atoms with Crippen LogP contribution in [0.25, 0.3) is 11.3 Å². The van der Waals surface area contributed by atoms with Gasteiger partial charge in [0.2, 0.25) is 5.91 Å². The summed E-state index contributed by atoms with van der Waals surface area (Å²) in [4.78, 5) is 31.4. The first kappa shape index (κ1) is 20.5. The van der Waals surface area contributed by atoms with Crippen molar-refractivity contribution in [1.29, 1.82) is 0 Å². The Balaban J connectivity index is 1.31. The molecule has 1 aliphatic carbocycles. The van der Waals surface area contributed by atoms with E-state index in [1.54, 1.807) is 24.3 Å². The maximum Gasteiger partial charge on any atom is 0.253 e. The number of nitrogens with zero attached hydrogens (tertiary/aromatic N) is 2. The molecular formula is C23H26FN3O3. The normalized spacial score (nSPS) is 22.1. The van der Waals surface area contributed by atoms with Gasteiger partial charge >= 0.3 is 0 Å². The van der Waals surface area contributed by atoms with Crippen molar-refractivity contribution in [2.75, 3.05) is 13.1 Å². The van der Waals surface area contributed by atoms with Gasteiger partial charge in [0.05, 0.1) is 17.4 Å². The number of piperidine rings is 1. The minimum atomic E-state index is -0.331. The molecule has 1 saturated carbocycles. The Labute approximate surface area is 175 Å². The van der Waals surface area contributed by atoms with Crippen LogP contribution < -0.4 is 5.32 Å². The lowest BCUT2D eigenvalue weighted by Crippen LogP contribution is -2.43. The molecule has 2 N–H and O–H groups in total. The van der Waals surface area contributed by atoms with Crippen LogP contribution in [0.1, 0.15) is 42.5 Å². The van der Waals surface area contributed by atoms with E-state index in [9.17, 15) is 19.1 Å². The fourth-order valence-corrected chi connectivity index (χ4v) is 4.30. The second kappa shape index (κ2) is 8.92. The number of aromatic nitrogens is 1. The van der Waals surface area contributed by atoms with E-state index in [4.69, 9.17) is 0 Å². The Morgan fingerprint density at radius 2 is 1.90 bits per heavy atom. The highest BCUT2D eigenvalue weighted by Gasteiger charge is 2.34. The number of likely N-dealkylation sites (tertiary alicyclic amines) is 1. The number of carbonyl (C=O) groups is 2. The van der Waals surface area contributed by atoms with Crippen molar-refractivity contribution in [3.05, 3.63) is 54.0 Å². The summed E-state index contributed by atoms with van der Waals surface area (Å²) < 4.78 is 13.4. The molecule has 0 unspecified atom stereocenters. The maximum absolute atomic E-state index is 13.4. The van der Waals surface area contributed by atoms with E-state index in [1.165, 1.54) is 18.3 Å². The lowest BCUT2D eigenvalue weighted by Gasteiger charge is -2.31. The van der Waals surface area contributed by atoms with Gasteiger partial charge in [-0.25, -0.2) is 4.39 Å². The number of rotatable bonds is 4. The molecule has 2 fully saturated rings. The minimum absolute atomic E-state index is 0.0373. The van der Waals surface area contributed by atoms with Gasteiger partial charge in [0.25, 0.3) is 5.91 Å². The predicted octanol–water partition coefficient (Wildman–Crippen LogP) is 2.77. The van der Waals surface area contributed by atoms with E-state index in [-0.39, 0.29) is 35.7 Å². The summed E-state index contributed by atoms with van der Waals surface area (Å²) in [5.41, 5.74) is 1.70. The SMILES string of the molecule is O=C(N[C@@H]1CC[C@H](C(=O)N2CCC(O)CC2)C1)c1ccc(-c2cccc(F)c2)nc1.